The Hall–Kier alpha value is -3.61. The molecule has 1 amide bonds. The van der Waals surface area contributed by atoms with Gasteiger partial charge in [-0.1, -0.05) is 0 Å². The Labute approximate surface area is 169 Å². The molecule has 2 rings (SSSR count). The molecular weight excluding hydrogens is 406 g/mol. The van der Waals surface area contributed by atoms with Gasteiger partial charge in [-0.15, -0.1) is 0 Å². The maximum Gasteiger partial charge on any atom is 0.417 e. The topological polar surface area (TPSA) is 91.2 Å². The van der Waals surface area contributed by atoms with Gasteiger partial charge in [-0.05, 0) is 50.2 Å². The minimum atomic E-state index is -4.77. The van der Waals surface area contributed by atoms with Gasteiger partial charge in [0.2, 0.25) is 5.91 Å². The van der Waals surface area contributed by atoms with Gasteiger partial charge in [0.05, 0.1) is 29.9 Å². The van der Waals surface area contributed by atoms with Gasteiger partial charge in [-0.3, -0.25) is 4.79 Å². The van der Waals surface area contributed by atoms with Crippen molar-refractivity contribution in [3.63, 3.8) is 0 Å². The lowest BCUT2D eigenvalue weighted by atomic mass is 10.0. The standard InChI is InChI=1S/C20H17F4N3O3/c1-19(2,27-13-6-7-14(16(21)9-13)17(28)30-3)18(29)26-12-5-4-11(10-25)15(8-12)20(22,23)24/h4-9,27H,1-3H3,(H,26,29). The fourth-order valence-corrected chi connectivity index (χ4v) is 2.53. The number of carbonyl (C=O) groups is 2. The number of amides is 1. The van der Waals surface area contributed by atoms with Gasteiger partial charge in [-0.25, -0.2) is 9.18 Å². The molecule has 2 aromatic carbocycles. The van der Waals surface area contributed by atoms with Crippen LogP contribution < -0.4 is 10.6 Å². The minimum absolute atomic E-state index is 0.159. The highest BCUT2D eigenvalue weighted by Crippen LogP contribution is 2.33. The van der Waals surface area contributed by atoms with Crippen LogP contribution in [0.2, 0.25) is 0 Å². The fraction of sp³-hybridized carbons (Fsp3) is 0.250. The Morgan fingerprint density at radius 2 is 1.70 bits per heavy atom. The van der Waals surface area contributed by atoms with Crippen molar-refractivity contribution in [3.05, 3.63) is 58.9 Å². The second-order valence-electron chi connectivity index (χ2n) is 6.76. The predicted octanol–water partition coefficient (Wildman–Crippen LogP) is 4.33. The van der Waals surface area contributed by atoms with E-state index in [0.29, 0.717) is 6.07 Å². The Morgan fingerprint density at radius 3 is 2.23 bits per heavy atom. The zero-order valence-electron chi connectivity index (χ0n) is 16.1. The van der Waals surface area contributed by atoms with Crippen LogP contribution in [0.5, 0.6) is 0 Å². The molecule has 0 atom stereocenters. The first-order chi connectivity index (χ1) is 13.9. The molecule has 0 unspecified atom stereocenters. The number of hydrogen-bond donors (Lipinski definition) is 2. The quantitative estimate of drug-likeness (QED) is 0.552. The van der Waals surface area contributed by atoms with Crippen LogP contribution in [0.1, 0.15) is 35.3 Å². The van der Waals surface area contributed by atoms with E-state index >= 15 is 0 Å². The number of anilines is 2. The van der Waals surface area contributed by atoms with Crippen molar-refractivity contribution in [2.45, 2.75) is 25.6 Å². The summed E-state index contributed by atoms with van der Waals surface area (Å²) in [6.07, 6.45) is -4.77. The molecule has 2 aromatic rings. The third kappa shape index (κ3) is 5.05. The first-order valence-corrected chi connectivity index (χ1v) is 8.48. The number of ether oxygens (including phenoxy) is 1. The summed E-state index contributed by atoms with van der Waals surface area (Å²) in [5.41, 5.74) is -3.40. The van der Waals surface area contributed by atoms with E-state index in [-0.39, 0.29) is 16.9 Å². The number of alkyl halides is 3. The van der Waals surface area contributed by atoms with Crippen LogP contribution in [0.25, 0.3) is 0 Å². The molecule has 0 aliphatic carbocycles. The molecule has 0 aliphatic heterocycles. The number of esters is 1. The number of rotatable bonds is 5. The van der Waals surface area contributed by atoms with E-state index in [4.69, 9.17) is 5.26 Å². The van der Waals surface area contributed by atoms with Gasteiger partial charge in [0.25, 0.3) is 0 Å². The number of nitriles is 1. The predicted molar refractivity (Wildman–Crippen MR) is 100 cm³/mol. The molecule has 6 nitrogen and oxygen atoms in total. The van der Waals surface area contributed by atoms with E-state index < -0.39 is 40.5 Å². The van der Waals surface area contributed by atoms with Crippen LogP contribution >= 0.6 is 0 Å². The first kappa shape index (κ1) is 22.7. The maximum atomic E-state index is 14.1. The first-order valence-electron chi connectivity index (χ1n) is 8.48. The highest BCUT2D eigenvalue weighted by atomic mass is 19.4. The SMILES string of the molecule is COC(=O)c1ccc(NC(C)(C)C(=O)Nc2ccc(C#N)c(C(F)(F)F)c2)cc1F. The van der Waals surface area contributed by atoms with E-state index in [1.807, 2.05) is 0 Å². The van der Waals surface area contributed by atoms with E-state index in [9.17, 15) is 27.2 Å². The van der Waals surface area contributed by atoms with Gasteiger partial charge in [0, 0.05) is 11.4 Å². The summed E-state index contributed by atoms with van der Waals surface area (Å²) in [4.78, 5) is 24.0. The van der Waals surface area contributed by atoms with E-state index in [1.165, 1.54) is 38.1 Å². The number of benzene rings is 2. The molecule has 0 bridgehead atoms. The summed E-state index contributed by atoms with van der Waals surface area (Å²) < 4.78 is 57.8. The summed E-state index contributed by atoms with van der Waals surface area (Å²) in [5.74, 6) is -2.44. The number of methoxy groups -OCH3 is 1. The monoisotopic (exact) mass is 423 g/mol. The van der Waals surface area contributed by atoms with Crippen molar-refractivity contribution in [2.24, 2.45) is 0 Å². The molecular formula is C20H17F4N3O3. The molecule has 0 aromatic heterocycles. The summed E-state index contributed by atoms with van der Waals surface area (Å²) in [5, 5.41) is 13.9. The Morgan fingerprint density at radius 1 is 1.07 bits per heavy atom. The van der Waals surface area contributed by atoms with Gasteiger partial charge in [-0.2, -0.15) is 18.4 Å². The fourth-order valence-electron chi connectivity index (χ4n) is 2.53. The van der Waals surface area contributed by atoms with Gasteiger partial charge in [0.1, 0.15) is 11.4 Å². The van der Waals surface area contributed by atoms with Crippen molar-refractivity contribution in [3.8, 4) is 6.07 Å². The number of nitrogens with one attached hydrogen (secondary N) is 2. The molecule has 0 aliphatic rings. The lowest BCUT2D eigenvalue weighted by Gasteiger charge is -2.26. The Bertz CT molecular complexity index is 1030. The molecule has 0 heterocycles. The van der Waals surface area contributed by atoms with E-state index in [1.54, 1.807) is 0 Å². The molecule has 0 fully saturated rings. The van der Waals surface area contributed by atoms with E-state index in [0.717, 1.165) is 19.2 Å². The van der Waals surface area contributed by atoms with Crippen molar-refractivity contribution in [2.75, 3.05) is 17.7 Å². The van der Waals surface area contributed by atoms with Gasteiger partial charge in [0.15, 0.2) is 0 Å². The van der Waals surface area contributed by atoms with Crippen molar-refractivity contribution in [1.82, 2.24) is 0 Å². The smallest absolute Gasteiger partial charge is 0.417 e. The van der Waals surface area contributed by atoms with Crippen LogP contribution in [-0.4, -0.2) is 24.5 Å². The van der Waals surface area contributed by atoms with Crippen LogP contribution in [0.4, 0.5) is 28.9 Å². The van der Waals surface area contributed by atoms with Crippen molar-refractivity contribution < 1.29 is 31.9 Å². The second kappa shape index (κ2) is 8.41. The summed E-state index contributed by atoms with van der Waals surface area (Å²) in [7, 11) is 1.11. The Balaban J connectivity index is 2.22. The molecule has 158 valence electrons. The third-order valence-electron chi connectivity index (χ3n) is 4.10. The van der Waals surface area contributed by atoms with Crippen LogP contribution in [0, 0.1) is 17.1 Å². The second-order valence-corrected chi connectivity index (χ2v) is 6.76. The number of carbonyl (C=O) groups excluding carboxylic acids is 2. The summed E-state index contributed by atoms with van der Waals surface area (Å²) in [6.45, 7) is 2.87. The summed E-state index contributed by atoms with van der Waals surface area (Å²) in [6, 6.07) is 7.77. The molecule has 2 N–H and O–H groups in total. The van der Waals surface area contributed by atoms with Crippen LogP contribution in [0.3, 0.4) is 0 Å². The number of hydrogen-bond acceptors (Lipinski definition) is 5. The van der Waals surface area contributed by atoms with Crippen LogP contribution in [0.15, 0.2) is 36.4 Å². The lowest BCUT2D eigenvalue weighted by Crippen LogP contribution is -2.44. The van der Waals surface area contributed by atoms with Crippen LogP contribution in [-0.2, 0) is 15.7 Å². The molecule has 0 saturated heterocycles. The third-order valence-corrected chi connectivity index (χ3v) is 4.10. The zero-order valence-corrected chi connectivity index (χ0v) is 16.1. The average molecular weight is 423 g/mol. The average Bonchev–Trinajstić information content (AvgIpc) is 2.66. The van der Waals surface area contributed by atoms with Gasteiger partial charge < -0.3 is 15.4 Å². The zero-order chi connectivity index (χ0) is 22.7. The van der Waals surface area contributed by atoms with Crippen molar-refractivity contribution >= 4 is 23.3 Å². The summed E-state index contributed by atoms with van der Waals surface area (Å²) >= 11 is 0. The normalized spacial score (nSPS) is 11.4. The molecule has 10 heteroatoms. The maximum absolute atomic E-state index is 14.1. The minimum Gasteiger partial charge on any atom is -0.465 e. The van der Waals surface area contributed by atoms with E-state index in [2.05, 4.69) is 15.4 Å². The number of nitrogens with zero attached hydrogens (tertiary/aromatic N) is 1. The van der Waals surface area contributed by atoms with Crippen molar-refractivity contribution in [1.29, 1.82) is 5.26 Å². The molecule has 30 heavy (non-hydrogen) atoms. The number of halogens is 4. The largest absolute Gasteiger partial charge is 0.465 e. The molecule has 0 saturated carbocycles. The molecule has 0 radical (unpaired) electrons. The Kier molecular flexibility index (Phi) is 6.35. The lowest BCUT2D eigenvalue weighted by molar-refractivity contribution is -0.137. The van der Waals surface area contributed by atoms with Gasteiger partial charge >= 0.3 is 12.1 Å². The highest BCUT2D eigenvalue weighted by Gasteiger charge is 2.34. The highest BCUT2D eigenvalue weighted by molar-refractivity contribution is 5.99. The molecule has 0 spiro atoms.